The van der Waals surface area contributed by atoms with Crippen LogP contribution < -0.4 is 0 Å². The van der Waals surface area contributed by atoms with Crippen molar-refractivity contribution in [2.75, 3.05) is 46.6 Å². The van der Waals surface area contributed by atoms with Crippen molar-refractivity contribution in [3.63, 3.8) is 0 Å². The molecule has 0 saturated heterocycles. The molecule has 110 valence electrons. The molecule has 0 aromatic carbocycles. The monoisotopic (exact) mass is 261 g/mol. The summed E-state index contributed by atoms with van der Waals surface area (Å²) in [4.78, 5) is 2.24. The van der Waals surface area contributed by atoms with Crippen LogP contribution in [0.3, 0.4) is 0 Å². The molecule has 0 aromatic heterocycles. The summed E-state index contributed by atoms with van der Waals surface area (Å²) in [5.41, 5.74) is 0. The molecule has 0 spiro atoms. The quantitative estimate of drug-likeness (QED) is 0.544. The van der Waals surface area contributed by atoms with Gasteiger partial charge in [-0.3, -0.25) is 4.90 Å². The average molecular weight is 261 g/mol. The lowest BCUT2D eigenvalue weighted by Gasteiger charge is -2.26. The lowest BCUT2D eigenvalue weighted by atomic mass is 10.2. The van der Waals surface area contributed by atoms with Gasteiger partial charge in [-0.2, -0.15) is 0 Å². The Morgan fingerprint density at radius 2 is 1.89 bits per heavy atom. The third-order valence-corrected chi connectivity index (χ3v) is 2.66. The minimum absolute atomic E-state index is 0.405. The number of unbranched alkanes of at least 4 members (excludes halogenated alkanes) is 1. The molecule has 0 saturated carbocycles. The van der Waals surface area contributed by atoms with E-state index in [1.807, 2.05) is 0 Å². The van der Waals surface area contributed by atoms with Crippen molar-refractivity contribution in [3.05, 3.63) is 0 Å². The molecule has 0 radical (unpaired) electrons. The van der Waals surface area contributed by atoms with Crippen molar-refractivity contribution in [1.82, 2.24) is 4.90 Å². The predicted octanol–water partition coefficient (Wildman–Crippen LogP) is 1.77. The maximum absolute atomic E-state index is 9.92. The largest absolute Gasteiger partial charge is 0.389 e. The molecule has 4 heteroatoms. The summed E-state index contributed by atoms with van der Waals surface area (Å²) in [5.74, 6) is 0.593. The maximum Gasteiger partial charge on any atom is 0.0900 e. The van der Waals surface area contributed by atoms with Gasteiger partial charge in [0.1, 0.15) is 0 Å². The number of methoxy groups -OCH3 is 1. The van der Waals surface area contributed by atoms with E-state index in [4.69, 9.17) is 9.47 Å². The molecule has 0 aliphatic rings. The van der Waals surface area contributed by atoms with Gasteiger partial charge in [0.05, 0.1) is 19.3 Å². The first-order valence-corrected chi connectivity index (χ1v) is 7.07. The highest BCUT2D eigenvalue weighted by Gasteiger charge is 2.13. The third-order valence-electron chi connectivity index (χ3n) is 2.66. The van der Waals surface area contributed by atoms with Crippen LogP contribution in [0, 0.1) is 5.92 Å². The van der Waals surface area contributed by atoms with Gasteiger partial charge in [-0.1, -0.05) is 27.2 Å². The Hall–Kier alpha value is -0.160. The second kappa shape index (κ2) is 11.9. The number of hydrogen-bond donors (Lipinski definition) is 1. The Morgan fingerprint density at radius 1 is 1.17 bits per heavy atom. The van der Waals surface area contributed by atoms with E-state index in [1.54, 1.807) is 7.11 Å². The highest BCUT2D eigenvalue weighted by atomic mass is 16.5. The first-order chi connectivity index (χ1) is 8.60. The topological polar surface area (TPSA) is 41.9 Å². The minimum Gasteiger partial charge on any atom is -0.389 e. The van der Waals surface area contributed by atoms with Crippen LogP contribution in [0.2, 0.25) is 0 Å². The molecule has 0 rings (SSSR count). The van der Waals surface area contributed by atoms with Gasteiger partial charge in [-0.15, -0.1) is 0 Å². The van der Waals surface area contributed by atoms with Crippen molar-refractivity contribution in [2.45, 2.75) is 39.7 Å². The van der Waals surface area contributed by atoms with Crippen molar-refractivity contribution < 1.29 is 14.6 Å². The summed E-state index contributed by atoms with van der Waals surface area (Å²) < 4.78 is 10.5. The highest BCUT2D eigenvalue weighted by molar-refractivity contribution is 4.66. The van der Waals surface area contributed by atoms with Gasteiger partial charge >= 0.3 is 0 Å². The molecule has 0 heterocycles. The molecule has 0 aliphatic heterocycles. The van der Waals surface area contributed by atoms with Gasteiger partial charge in [-0.05, 0) is 12.3 Å². The average Bonchev–Trinajstić information content (AvgIpc) is 2.31. The summed E-state index contributed by atoms with van der Waals surface area (Å²) in [5, 5.41) is 9.92. The SMILES string of the molecule is CCCCOCC(O)CN(CCOC)CC(C)C. The second-order valence-electron chi connectivity index (χ2n) is 5.23. The molecule has 1 unspecified atom stereocenters. The molecule has 1 N–H and O–H groups in total. The molecule has 0 aliphatic carbocycles. The maximum atomic E-state index is 9.92. The van der Waals surface area contributed by atoms with Gasteiger partial charge < -0.3 is 14.6 Å². The highest BCUT2D eigenvalue weighted by Crippen LogP contribution is 2.01. The van der Waals surface area contributed by atoms with Crippen LogP contribution in [0.1, 0.15) is 33.6 Å². The predicted molar refractivity (Wildman–Crippen MR) is 74.9 cm³/mol. The third kappa shape index (κ3) is 11.0. The van der Waals surface area contributed by atoms with Crippen LogP contribution in [-0.2, 0) is 9.47 Å². The number of hydrogen-bond acceptors (Lipinski definition) is 4. The summed E-state index contributed by atoms with van der Waals surface area (Å²) in [6, 6.07) is 0. The van der Waals surface area contributed by atoms with E-state index in [9.17, 15) is 5.11 Å². The fraction of sp³-hybridized carbons (Fsp3) is 1.00. The summed E-state index contributed by atoms with van der Waals surface area (Å²) in [6.07, 6.45) is 1.78. The zero-order chi connectivity index (χ0) is 13.8. The van der Waals surface area contributed by atoms with Crippen LogP contribution in [0.15, 0.2) is 0 Å². The van der Waals surface area contributed by atoms with Gasteiger partial charge in [0.25, 0.3) is 0 Å². The van der Waals surface area contributed by atoms with E-state index in [0.29, 0.717) is 25.7 Å². The second-order valence-corrected chi connectivity index (χ2v) is 5.23. The zero-order valence-electron chi connectivity index (χ0n) is 12.5. The van der Waals surface area contributed by atoms with E-state index in [0.717, 1.165) is 32.5 Å². The number of aliphatic hydroxyl groups is 1. The summed E-state index contributed by atoms with van der Waals surface area (Å²) >= 11 is 0. The molecule has 0 bridgehead atoms. The number of ether oxygens (including phenoxy) is 2. The van der Waals surface area contributed by atoms with Gasteiger partial charge in [0.2, 0.25) is 0 Å². The van der Waals surface area contributed by atoms with Crippen molar-refractivity contribution in [2.24, 2.45) is 5.92 Å². The lowest BCUT2D eigenvalue weighted by molar-refractivity contribution is 0.00977. The van der Waals surface area contributed by atoms with E-state index < -0.39 is 6.10 Å². The molecule has 1 atom stereocenters. The number of rotatable bonds is 12. The first-order valence-electron chi connectivity index (χ1n) is 7.07. The fourth-order valence-corrected chi connectivity index (χ4v) is 1.81. The molecular formula is C14H31NO3. The zero-order valence-corrected chi connectivity index (χ0v) is 12.5. The Kier molecular flexibility index (Phi) is 11.8. The van der Waals surface area contributed by atoms with Crippen molar-refractivity contribution in [1.29, 1.82) is 0 Å². The Balaban J connectivity index is 3.81. The molecule has 4 nitrogen and oxygen atoms in total. The smallest absolute Gasteiger partial charge is 0.0900 e. The van der Waals surface area contributed by atoms with E-state index in [1.165, 1.54) is 0 Å². The number of aliphatic hydroxyl groups excluding tert-OH is 1. The van der Waals surface area contributed by atoms with Gasteiger partial charge in [-0.25, -0.2) is 0 Å². The number of nitrogens with zero attached hydrogens (tertiary/aromatic N) is 1. The van der Waals surface area contributed by atoms with E-state index >= 15 is 0 Å². The summed E-state index contributed by atoms with van der Waals surface area (Å²) in [6.45, 7) is 10.9. The molecular weight excluding hydrogens is 230 g/mol. The minimum atomic E-state index is -0.405. The molecule has 0 amide bonds. The van der Waals surface area contributed by atoms with Crippen molar-refractivity contribution in [3.8, 4) is 0 Å². The van der Waals surface area contributed by atoms with Crippen LogP contribution in [0.5, 0.6) is 0 Å². The Morgan fingerprint density at radius 3 is 2.44 bits per heavy atom. The van der Waals surface area contributed by atoms with Crippen LogP contribution in [0.25, 0.3) is 0 Å². The van der Waals surface area contributed by atoms with E-state index in [2.05, 4.69) is 25.7 Å². The lowest BCUT2D eigenvalue weighted by Crippen LogP contribution is -2.39. The van der Waals surface area contributed by atoms with Gasteiger partial charge in [0, 0.05) is 33.4 Å². The first kappa shape index (κ1) is 17.8. The Bertz CT molecular complexity index is 176. The van der Waals surface area contributed by atoms with Gasteiger partial charge in [0.15, 0.2) is 0 Å². The molecule has 0 fully saturated rings. The molecule has 18 heavy (non-hydrogen) atoms. The van der Waals surface area contributed by atoms with Crippen LogP contribution >= 0.6 is 0 Å². The Labute approximate surface area is 112 Å². The normalized spacial score (nSPS) is 13.5. The fourth-order valence-electron chi connectivity index (χ4n) is 1.81. The van der Waals surface area contributed by atoms with Crippen LogP contribution in [-0.4, -0.2) is 62.7 Å². The molecule has 0 aromatic rings. The summed E-state index contributed by atoms with van der Waals surface area (Å²) in [7, 11) is 1.71. The standard InChI is InChI=1S/C14H31NO3/c1-5-6-8-18-12-14(16)11-15(7-9-17-4)10-13(2)3/h13-14,16H,5-12H2,1-4H3. The van der Waals surface area contributed by atoms with Crippen molar-refractivity contribution >= 4 is 0 Å². The van der Waals surface area contributed by atoms with Crippen LogP contribution in [0.4, 0.5) is 0 Å². The van der Waals surface area contributed by atoms with E-state index in [-0.39, 0.29) is 0 Å².